The zero-order chi connectivity index (χ0) is 20.9. The summed E-state index contributed by atoms with van der Waals surface area (Å²) in [5.74, 6) is 0.433. The van der Waals surface area contributed by atoms with Gasteiger partial charge >= 0.3 is 0 Å². The SMILES string of the molecule is CC(CN1CCN(c2ccccn2)CC1)NC(=O)c1ccn(-c2cccc(F)c2)n1. The molecular formula is C22H25FN6O. The van der Waals surface area contributed by atoms with Gasteiger partial charge in [0.05, 0.1) is 5.69 Å². The number of benzene rings is 1. The fraction of sp³-hybridized carbons (Fsp3) is 0.318. The molecule has 7 nitrogen and oxygen atoms in total. The largest absolute Gasteiger partial charge is 0.354 e. The Balaban J connectivity index is 1.27. The zero-order valence-electron chi connectivity index (χ0n) is 16.9. The Labute approximate surface area is 175 Å². The molecule has 0 bridgehead atoms. The van der Waals surface area contributed by atoms with Gasteiger partial charge in [0.1, 0.15) is 11.6 Å². The van der Waals surface area contributed by atoms with Gasteiger partial charge in [-0.15, -0.1) is 0 Å². The summed E-state index contributed by atoms with van der Waals surface area (Å²) in [6.07, 6.45) is 3.47. The van der Waals surface area contributed by atoms with Crippen molar-refractivity contribution in [2.45, 2.75) is 13.0 Å². The van der Waals surface area contributed by atoms with Crippen LogP contribution in [0.1, 0.15) is 17.4 Å². The summed E-state index contributed by atoms with van der Waals surface area (Å²) in [6.45, 7) is 6.43. The average Bonchev–Trinajstić information content (AvgIpc) is 3.25. The lowest BCUT2D eigenvalue weighted by molar-refractivity contribution is 0.0922. The minimum Gasteiger partial charge on any atom is -0.354 e. The van der Waals surface area contributed by atoms with Crippen LogP contribution < -0.4 is 10.2 Å². The molecule has 0 aliphatic carbocycles. The van der Waals surface area contributed by atoms with E-state index in [0.29, 0.717) is 11.4 Å². The maximum absolute atomic E-state index is 13.4. The lowest BCUT2D eigenvalue weighted by Crippen LogP contribution is -2.51. The molecule has 4 rings (SSSR count). The number of rotatable bonds is 6. The van der Waals surface area contributed by atoms with Crippen molar-refractivity contribution in [1.29, 1.82) is 0 Å². The molecule has 156 valence electrons. The van der Waals surface area contributed by atoms with Crippen LogP contribution in [0.2, 0.25) is 0 Å². The lowest BCUT2D eigenvalue weighted by atomic mass is 10.2. The van der Waals surface area contributed by atoms with E-state index >= 15 is 0 Å². The normalized spacial score (nSPS) is 15.7. The second-order valence-corrected chi connectivity index (χ2v) is 7.48. The summed E-state index contributed by atoms with van der Waals surface area (Å²) in [6, 6.07) is 13.7. The lowest BCUT2D eigenvalue weighted by Gasteiger charge is -2.36. The second kappa shape index (κ2) is 9.04. The summed E-state index contributed by atoms with van der Waals surface area (Å²) in [5, 5.41) is 7.28. The van der Waals surface area contributed by atoms with Gasteiger partial charge in [0.2, 0.25) is 0 Å². The minimum absolute atomic E-state index is 0.0155. The van der Waals surface area contributed by atoms with E-state index in [2.05, 4.69) is 25.2 Å². The molecule has 8 heteroatoms. The number of nitrogens with zero attached hydrogens (tertiary/aromatic N) is 5. The Kier molecular flexibility index (Phi) is 6.04. The van der Waals surface area contributed by atoms with Crippen LogP contribution in [-0.4, -0.2) is 64.3 Å². The maximum Gasteiger partial charge on any atom is 0.272 e. The molecule has 1 aliphatic heterocycles. The Morgan fingerprint density at radius 1 is 1.13 bits per heavy atom. The van der Waals surface area contributed by atoms with Gasteiger partial charge in [-0.2, -0.15) is 5.10 Å². The average molecular weight is 408 g/mol. The number of hydrogen-bond acceptors (Lipinski definition) is 5. The third-order valence-electron chi connectivity index (χ3n) is 5.15. The predicted octanol–water partition coefficient (Wildman–Crippen LogP) is 2.35. The van der Waals surface area contributed by atoms with E-state index in [0.717, 1.165) is 38.5 Å². The number of halogens is 1. The van der Waals surface area contributed by atoms with E-state index in [1.54, 1.807) is 24.4 Å². The van der Waals surface area contributed by atoms with Gasteiger partial charge in [-0.05, 0) is 43.3 Å². The van der Waals surface area contributed by atoms with Crippen molar-refractivity contribution >= 4 is 11.7 Å². The monoisotopic (exact) mass is 408 g/mol. The summed E-state index contributed by atoms with van der Waals surface area (Å²) in [7, 11) is 0. The standard InChI is InChI=1S/C22H25FN6O/c1-17(16-27-11-13-28(14-12-27)21-7-2-3-9-24-21)25-22(30)20-8-10-29(26-20)19-6-4-5-18(23)15-19/h2-10,15,17H,11-14,16H2,1H3,(H,25,30). The number of carbonyl (C=O) groups excluding carboxylic acids is 1. The zero-order valence-corrected chi connectivity index (χ0v) is 16.9. The highest BCUT2D eigenvalue weighted by atomic mass is 19.1. The number of aromatic nitrogens is 3. The van der Waals surface area contributed by atoms with Crippen molar-refractivity contribution in [2.24, 2.45) is 0 Å². The van der Waals surface area contributed by atoms with Crippen LogP contribution in [0, 0.1) is 5.82 Å². The molecule has 1 aliphatic rings. The van der Waals surface area contributed by atoms with E-state index in [1.807, 2.05) is 31.3 Å². The summed E-state index contributed by atoms with van der Waals surface area (Å²) in [4.78, 5) is 21.6. The molecule has 3 heterocycles. The highest BCUT2D eigenvalue weighted by Crippen LogP contribution is 2.13. The number of piperazine rings is 1. The van der Waals surface area contributed by atoms with Crippen LogP contribution in [0.25, 0.3) is 5.69 Å². The van der Waals surface area contributed by atoms with Gasteiger partial charge in [-0.3, -0.25) is 9.69 Å². The molecule has 3 aromatic rings. The van der Waals surface area contributed by atoms with Crippen LogP contribution >= 0.6 is 0 Å². The highest BCUT2D eigenvalue weighted by Gasteiger charge is 2.21. The van der Waals surface area contributed by atoms with E-state index < -0.39 is 0 Å². The molecule has 30 heavy (non-hydrogen) atoms. The Morgan fingerprint density at radius 2 is 1.97 bits per heavy atom. The quantitative estimate of drug-likeness (QED) is 0.678. The van der Waals surface area contributed by atoms with Crippen molar-refractivity contribution < 1.29 is 9.18 Å². The Morgan fingerprint density at radius 3 is 2.70 bits per heavy atom. The molecule has 1 unspecified atom stereocenters. The molecule has 1 amide bonds. The summed E-state index contributed by atoms with van der Waals surface area (Å²) >= 11 is 0. The van der Waals surface area contributed by atoms with E-state index in [-0.39, 0.29) is 17.8 Å². The summed E-state index contributed by atoms with van der Waals surface area (Å²) < 4.78 is 14.9. The Bertz CT molecular complexity index is 984. The van der Waals surface area contributed by atoms with Crippen LogP contribution in [-0.2, 0) is 0 Å². The van der Waals surface area contributed by atoms with Gasteiger partial charge in [0.25, 0.3) is 5.91 Å². The first-order valence-electron chi connectivity index (χ1n) is 10.1. The number of pyridine rings is 1. The molecule has 1 fully saturated rings. The van der Waals surface area contributed by atoms with Crippen molar-refractivity contribution in [3.05, 3.63) is 72.4 Å². The van der Waals surface area contributed by atoms with E-state index in [4.69, 9.17) is 0 Å². The number of amides is 1. The van der Waals surface area contributed by atoms with Gasteiger partial charge in [0.15, 0.2) is 5.69 Å². The van der Waals surface area contributed by atoms with Crippen LogP contribution in [0.3, 0.4) is 0 Å². The number of hydrogen-bond donors (Lipinski definition) is 1. The third-order valence-corrected chi connectivity index (χ3v) is 5.15. The van der Waals surface area contributed by atoms with E-state index in [1.165, 1.54) is 16.8 Å². The fourth-order valence-electron chi connectivity index (χ4n) is 3.64. The summed E-state index contributed by atoms with van der Waals surface area (Å²) in [5.41, 5.74) is 0.888. The number of carbonyl (C=O) groups is 1. The second-order valence-electron chi connectivity index (χ2n) is 7.48. The number of nitrogens with one attached hydrogen (secondary N) is 1. The first-order valence-corrected chi connectivity index (χ1v) is 10.1. The van der Waals surface area contributed by atoms with E-state index in [9.17, 15) is 9.18 Å². The van der Waals surface area contributed by atoms with Gasteiger partial charge in [-0.1, -0.05) is 12.1 Å². The topological polar surface area (TPSA) is 66.3 Å². The maximum atomic E-state index is 13.4. The molecular weight excluding hydrogens is 383 g/mol. The fourth-order valence-corrected chi connectivity index (χ4v) is 3.64. The van der Waals surface area contributed by atoms with Gasteiger partial charge < -0.3 is 10.2 Å². The molecule has 1 aromatic carbocycles. The molecule has 1 saturated heterocycles. The molecule has 0 spiro atoms. The third kappa shape index (κ3) is 4.83. The smallest absolute Gasteiger partial charge is 0.272 e. The van der Waals surface area contributed by atoms with Gasteiger partial charge in [0, 0.05) is 51.2 Å². The Hall–Kier alpha value is -3.26. The number of anilines is 1. The molecule has 0 radical (unpaired) electrons. The molecule has 2 aromatic heterocycles. The molecule has 1 atom stereocenters. The highest BCUT2D eigenvalue weighted by molar-refractivity contribution is 5.92. The minimum atomic E-state index is -0.342. The van der Waals surface area contributed by atoms with Gasteiger partial charge in [-0.25, -0.2) is 14.1 Å². The molecule has 1 N–H and O–H groups in total. The molecule has 0 saturated carbocycles. The predicted molar refractivity (Wildman–Crippen MR) is 113 cm³/mol. The van der Waals surface area contributed by atoms with Crippen LogP contribution in [0.15, 0.2) is 60.9 Å². The van der Waals surface area contributed by atoms with Crippen molar-refractivity contribution in [3.8, 4) is 5.69 Å². The van der Waals surface area contributed by atoms with Crippen molar-refractivity contribution in [1.82, 2.24) is 25.0 Å². The van der Waals surface area contributed by atoms with Crippen molar-refractivity contribution in [3.63, 3.8) is 0 Å². The first-order chi connectivity index (χ1) is 14.6. The van der Waals surface area contributed by atoms with Crippen molar-refractivity contribution in [2.75, 3.05) is 37.6 Å². The van der Waals surface area contributed by atoms with Crippen LogP contribution in [0.4, 0.5) is 10.2 Å². The first kappa shape index (κ1) is 20.0. The van der Waals surface area contributed by atoms with Crippen LogP contribution in [0.5, 0.6) is 0 Å².